The number of quaternary nitrogens is 1. The minimum atomic E-state index is -0.824. The van der Waals surface area contributed by atoms with Gasteiger partial charge in [-0.25, -0.2) is 0 Å². The summed E-state index contributed by atoms with van der Waals surface area (Å²) in [6.07, 6.45) is 2.40. The summed E-state index contributed by atoms with van der Waals surface area (Å²) >= 11 is 1.71. The number of carbonyl (C=O) groups is 1. The summed E-state index contributed by atoms with van der Waals surface area (Å²) in [6, 6.07) is 6.38. The third-order valence-corrected chi connectivity index (χ3v) is 5.62. The number of carbonyl (C=O) groups excluding carboxylic acids is 1. The van der Waals surface area contributed by atoms with Crippen LogP contribution in [0.3, 0.4) is 0 Å². The molecule has 0 saturated carbocycles. The van der Waals surface area contributed by atoms with E-state index in [0.717, 1.165) is 32.5 Å². The Balaban J connectivity index is 1.98. The monoisotopic (exact) mass is 350 g/mol. The van der Waals surface area contributed by atoms with Crippen molar-refractivity contribution in [3.63, 3.8) is 0 Å². The van der Waals surface area contributed by atoms with Crippen LogP contribution in [-0.4, -0.2) is 37.2 Å². The number of nitriles is 1. The van der Waals surface area contributed by atoms with Crippen molar-refractivity contribution in [3.8, 4) is 6.07 Å². The molecule has 0 spiro atoms. The number of hydrogen-bond donors (Lipinski definition) is 2. The second-order valence-corrected chi connectivity index (χ2v) is 8.07. The number of ether oxygens (including phenoxy) is 1. The zero-order chi connectivity index (χ0) is 17.6. The summed E-state index contributed by atoms with van der Waals surface area (Å²) in [4.78, 5) is 15.0. The maximum atomic E-state index is 12.5. The smallest absolute Gasteiger partial charge is 0.276 e. The van der Waals surface area contributed by atoms with E-state index >= 15 is 0 Å². The predicted molar refractivity (Wildman–Crippen MR) is 94.7 cm³/mol. The van der Waals surface area contributed by atoms with Crippen molar-refractivity contribution in [2.24, 2.45) is 5.92 Å². The topological polar surface area (TPSA) is 66.6 Å². The van der Waals surface area contributed by atoms with Gasteiger partial charge in [0.1, 0.15) is 24.7 Å². The van der Waals surface area contributed by atoms with E-state index in [9.17, 15) is 10.1 Å². The molecule has 1 aliphatic rings. The van der Waals surface area contributed by atoms with E-state index in [4.69, 9.17) is 4.74 Å². The lowest BCUT2D eigenvalue weighted by atomic mass is 9.90. The maximum Gasteiger partial charge on any atom is 0.276 e. The molecule has 0 aromatic carbocycles. The van der Waals surface area contributed by atoms with Crippen molar-refractivity contribution in [1.29, 1.82) is 5.26 Å². The SMILES string of the molecule is CC(C)[C@@](C)(C#N)NC(=O)C[NH+](Cc1cccs1)C[C@@H]1CCCO1. The van der Waals surface area contributed by atoms with Crippen LogP contribution in [0.5, 0.6) is 0 Å². The predicted octanol–water partition coefficient (Wildman–Crippen LogP) is 1.37. The second-order valence-electron chi connectivity index (χ2n) is 7.04. The van der Waals surface area contributed by atoms with Gasteiger partial charge in [0, 0.05) is 6.61 Å². The van der Waals surface area contributed by atoms with Gasteiger partial charge in [-0.2, -0.15) is 5.26 Å². The van der Waals surface area contributed by atoms with Crippen LogP contribution in [0.2, 0.25) is 0 Å². The Morgan fingerprint density at radius 3 is 2.96 bits per heavy atom. The van der Waals surface area contributed by atoms with Crippen molar-refractivity contribution in [1.82, 2.24) is 5.32 Å². The summed E-state index contributed by atoms with van der Waals surface area (Å²) < 4.78 is 5.74. The summed E-state index contributed by atoms with van der Waals surface area (Å²) in [5.74, 6) is -0.0114. The largest absolute Gasteiger partial charge is 0.372 e. The van der Waals surface area contributed by atoms with E-state index in [1.54, 1.807) is 18.3 Å². The first-order valence-electron chi connectivity index (χ1n) is 8.62. The number of thiophene rings is 1. The molecule has 1 aromatic rings. The van der Waals surface area contributed by atoms with Gasteiger partial charge in [-0.3, -0.25) is 4.79 Å². The highest BCUT2D eigenvalue weighted by Gasteiger charge is 2.32. The highest BCUT2D eigenvalue weighted by atomic mass is 32.1. The van der Waals surface area contributed by atoms with Gasteiger partial charge in [-0.15, -0.1) is 11.3 Å². The Morgan fingerprint density at radius 1 is 1.62 bits per heavy atom. The van der Waals surface area contributed by atoms with E-state index < -0.39 is 5.54 Å². The van der Waals surface area contributed by atoms with Gasteiger partial charge >= 0.3 is 0 Å². The molecule has 1 fully saturated rings. The average Bonchev–Trinajstić information content (AvgIpc) is 3.20. The van der Waals surface area contributed by atoms with Gasteiger partial charge in [0.15, 0.2) is 6.54 Å². The molecule has 1 aromatic heterocycles. The lowest BCUT2D eigenvalue weighted by Crippen LogP contribution is -3.13. The Morgan fingerprint density at radius 2 is 2.42 bits per heavy atom. The van der Waals surface area contributed by atoms with Crippen LogP contribution in [0.25, 0.3) is 0 Å². The highest BCUT2D eigenvalue weighted by Crippen LogP contribution is 2.15. The molecule has 2 N–H and O–H groups in total. The van der Waals surface area contributed by atoms with Crippen molar-refractivity contribution < 1.29 is 14.4 Å². The number of amides is 1. The Kier molecular flexibility index (Phi) is 6.79. The first-order valence-corrected chi connectivity index (χ1v) is 9.50. The third-order valence-electron chi connectivity index (χ3n) is 4.74. The van der Waals surface area contributed by atoms with Gasteiger partial charge in [0.25, 0.3) is 5.91 Å². The van der Waals surface area contributed by atoms with E-state index in [2.05, 4.69) is 22.8 Å². The fraction of sp³-hybridized carbons (Fsp3) is 0.667. The Labute approximate surface area is 148 Å². The van der Waals surface area contributed by atoms with E-state index in [1.807, 2.05) is 19.9 Å². The maximum absolute atomic E-state index is 12.5. The van der Waals surface area contributed by atoms with Gasteiger partial charge in [0.2, 0.25) is 0 Å². The van der Waals surface area contributed by atoms with Crippen LogP contribution in [0.15, 0.2) is 17.5 Å². The van der Waals surface area contributed by atoms with Gasteiger partial charge in [0.05, 0.1) is 10.9 Å². The third kappa shape index (κ3) is 5.30. The minimum Gasteiger partial charge on any atom is -0.372 e. The van der Waals surface area contributed by atoms with Crippen LogP contribution in [-0.2, 0) is 16.1 Å². The number of nitrogens with one attached hydrogen (secondary N) is 2. The molecular formula is C18H28N3O2S+. The zero-order valence-electron chi connectivity index (χ0n) is 14.8. The van der Waals surface area contributed by atoms with Crippen LogP contribution in [0.1, 0.15) is 38.5 Å². The fourth-order valence-corrected chi connectivity index (χ4v) is 3.63. The van der Waals surface area contributed by atoms with Crippen molar-refractivity contribution in [3.05, 3.63) is 22.4 Å². The minimum absolute atomic E-state index is 0.0605. The van der Waals surface area contributed by atoms with Crippen LogP contribution >= 0.6 is 11.3 Å². The first-order chi connectivity index (χ1) is 11.4. The molecule has 5 nitrogen and oxygen atoms in total. The lowest BCUT2D eigenvalue weighted by Gasteiger charge is -2.28. The molecule has 132 valence electrons. The molecule has 6 heteroatoms. The molecule has 0 aliphatic carbocycles. The Hall–Kier alpha value is -1.42. The molecule has 1 unspecified atom stereocenters. The summed E-state index contributed by atoms with van der Waals surface area (Å²) in [5, 5.41) is 14.4. The van der Waals surface area contributed by atoms with Gasteiger partial charge in [-0.1, -0.05) is 19.9 Å². The number of rotatable bonds is 8. The quantitative estimate of drug-likeness (QED) is 0.744. The highest BCUT2D eigenvalue weighted by molar-refractivity contribution is 7.09. The molecule has 2 rings (SSSR count). The second kappa shape index (κ2) is 8.61. The van der Waals surface area contributed by atoms with E-state index in [-0.39, 0.29) is 17.9 Å². The molecule has 1 amide bonds. The van der Waals surface area contributed by atoms with Crippen molar-refractivity contribution >= 4 is 17.2 Å². The van der Waals surface area contributed by atoms with Crippen molar-refractivity contribution in [2.45, 2.75) is 51.8 Å². The van der Waals surface area contributed by atoms with Crippen LogP contribution in [0.4, 0.5) is 0 Å². The standard InChI is InChI=1S/C18H27N3O2S/c1-14(2)18(3,13-19)20-17(22)12-21(10-15-6-4-8-23-15)11-16-7-5-9-24-16/h5,7,9,14-15H,4,6,8,10-12H2,1-3H3,(H,20,22)/p+1/t15-,18+/m0/s1. The van der Waals surface area contributed by atoms with Gasteiger partial charge < -0.3 is 15.0 Å². The molecule has 2 heterocycles. The van der Waals surface area contributed by atoms with Crippen LogP contribution in [0, 0.1) is 17.2 Å². The van der Waals surface area contributed by atoms with E-state index in [1.165, 1.54) is 9.78 Å². The average molecular weight is 351 g/mol. The summed E-state index contributed by atoms with van der Waals surface area (Å²) in [7, 11) is 0. The summed E-state index contributed by atoms with van der Waals surface area (Å²) in [5.41, 5.74) is -0.824. The molecule has 1 aliphatic heterocycles. The molecule has 0 radical (unpaired) electrons. The Bertz CT molecular complexity index is 561. The number of hydrogen-bond acceptors (Lipinski definition) is 4. The van der Waals surface area contributed by atoms with Crippen molar-refractivity contribution in [2.75, 3.05) is 19.7 Å². The van der Waals surface area contributed by atoms with E-state index in [0.29, 0.717) is 6.54 Å². The number of nitrogens with zero attached hydrogens (tertiary/aromatic N) is 1. The molecule has 1 saturated heterocycles. The van der Waals surface area contributed by atoms with Gasteiger partial charge in [-0.05, 0) is 37.1 Å². The molecule has 3 atom stereocenters. The first kappa shape index (κ1) is 18.9. The molecule has 0 bridgehead atoms. The summed E-state index contributed by atoms with van der Waals surface area (Å²) in [6.45, 7) is 8.52. The molecule has 24 heavy (non-hydrogen) atoms. The fourth-order valence-electron chi connectivity index (χ4n) is 2.86. The lowest BCUT2D eigenvalue weighted by molar-refractivity contribution is -0.908. The normalized spacial score (nSPS) is 21.2. The van der Waals surface area contributed by atoms with Crippen LogP contribution < -0.4 is 10.2 Å². The molecular weight excluding hydrogens is 322 g/mol. The zero-order valence-corrected chi connectivity index (χ0v) is 15.6.